The Hall–Kier alpha value is -0.940. The first-order valence-corrected chi connectivity index (χ1v) is 6.20. The lowest BCUT2D eigenvalue weighted by Crippen LogP contribution is -2.43. The Balaban J connectivity index is 2.40. The Bertz CT molecular complexity index is 332. The molecule has 2 N–H and O–H groups in total. The fraction of sp³-hybridized carbons (Fsp3) is 0.833. The molecule has 0 saturated carbocycles. The summed E-state index contributed by atoms with van der Waals surface area (Å²) < 4.78 is 10.6. The first-order valence-electron chi connectivity index (χ1n) is 6.20. The van der Waals surface area contributed by atoms with Crippen molar-refractivity contribution in [3.8, 4) is 0 Å². The van der Waals surface area contributed by atoms with Crippen LogP contribution in [-0.4, -0.2) is 22.3 Å². The molecule has 5 heteroatoms. The molecule has 0 aliphatic rings. The summed E-state index contributed by atoms with van der Waals surface area (Å²) >= 11 is 0. The normalized spacial score (nSPS) is 12.4. The fourth-order valence-corrected chi connectivity index (χ4v) is 1.36. The van der Waals surface area contributed by atoms with Gasteiger partial charge in [0.05, 0.1) is 6.61 Å². The molecule has 0 saturated heterocycles. The molecule has 0 fully saturated rings. The van der Waals surface area contributed by atoms with Crippen LogP contribution >= 0.6 is 0 Å². The zero-order chi connectivity index (χ0) is 12.9. The van der Waals surface area contributed by atoms with E-state index in [-0.39, 0.29) is 11.5 Å². The molecule has 0 spiro atoms. The molecule has 1 heterocycles. The van der Waals surface area contributed by atoms with E-state index in [0.717, 1.165) is 12.8 Å². The van der Waals surface area contributed by atoms with Gasteiger partial charge in [0.25, 0.3) is 5.89 Å². The standard InChI is InChI=1S/C12H23N3O2/c1-5-12(13,6-2)8-16-7-10-14-11(9(3)4)15-17-10/h9H,5-8,13H2,1-4H3. The second-order valence-electron chi connectivity index (χ2n) is 4.76. The van der Waals surface area contributed by atoms with Crippen LogP contribution in [0.25, 0.3) is 0 Å². The van der Waals surface area contributed by atoms with Crippen LogP contribution in [-0.2, 0) is 11.3 Å². The van der Waals surface area contributed by atoms with Gasteiger partial charge in [0.2, 0.25) is 0 Å². The molecule has 0 aromatic carbocycles. The van der Waals surface area contributed by atoms with Gasteiger partial charge < -0.3 is 15.0 Å². The minimum atomic E-state index is -0.249. The van der Waals surface area contributed by atoms with E-state index in [1.54, 1.807) is 0 Å². The summed E-state index contributed by atoms with van der Waals surface area (Å²) in [7, 11) is 0. The summed E-state index contributed by atoms with van der Waals surface area (Å²) in [5, 5.41) is 3.87. The van der Waals surface area contributed by atoms with Crippen molar-refractivity contribution in [3.05, 3.63) is 11.7 Å². The molecule has 17 heavy (non-hydrogen) atoms. The van der Waals surface area contributed by atoms with Crippen LogP contribution in [0.15, 0.2) is 4.52 Å². The SMILES string of the molecule is CCC(N)(CC)COCc1nc(C(C)C)no1. The molecule has 5 nitrogen and oxygen atoms in total. The average molecular weight is 241 g/mol. The molecule has 0 aliphatic heterocycles. The topological polar surface area (TPSA) is 74.2 Å². The van der Waals surface area contributed by atoms with Crippen molar-refractivity contribution in [3.63, 3.8) is 0 Å². The van der Waals surface area contributed by atoms with E-state index in [2.05, 4.69) is 24.0 Å². The first-order chi connectivity index (χ1) is 8.00. The number of hydrogen-bond donors (Lipinski definition) is 1. The van der Waals surface area contributed by atoms with Gasteiger partial charge in [-0.2, -0.15) is 4.98 Å². The van der Waals surface area contributed by atoms with Gasteiger partial charge in [-0.3, -0.25) is 0 Å². The Morgan fingerprint density at radius 3 is 2.47 bits per heavy atom. The predicted octanol–water partition coefficient (Wildman–Crippen LogP) is 2.23. The van der Waals surface area contributed by atoms with Gasteiger partial charge in [-0.1, -0.05) is 32.9 Å². The Morgan fingerprint density at radius 1 is 1.35 bits per heavy atom. The van der Waals surface area contributed by atoms with Crippen LogP contribution in [0.1, 0.15) is 58.2 Å². The summed E-state index contributed by atoms with van der Waals surface area (Å²) in [6.07, 6.45) is 1.79. The lowest BCUT2D eigenvalue weighted by molar-refractivity contribution is 0.0542. The van der Waals surface area contributed by atoms with Gasteiger partial charge in [0.15, 0.2) is 5.82 Å². The van der Waals surface area contributed by atoms with E-state index in [9.17, 15) is 0 Å². The number of nitrogens with zero attached hydrogens (tertiary/aromatic N) is 2. The van der Waals surface area contributed by atoms with Crippen molar-refractivity contribution in [1.82, 2.24) is 10.1 Å². The molecule has 0 bridgehead atoms. The lowest BCUT2D eigenvalue weighted by atomic mass is 9.96. The fourth-order valence-electron chi connectivity index (χ4n) is 1.36. The first kappa shape index (κ1) is 14.1. The van der Waals surface area contributed by atoms with Crippen LogP contribution in [0, 0.1) is 0 Å². The van der Waals surface area contributed by atoms with Gasteiger partial charge in [-0.15, -0.1) is 0 Å². The van der Waals surface area contributed by atoms with Gasteiger partial charge >= 0.3 is 0 Å². The summed E-state index contributed by atoms with van der Waals surface area (Å²) in [6, 6.07) is 0. The largest absolute Gasteiger partial charge is 0.370 e. The van der Waals surface area contributed by atoms with Crippen molar-refractivity contribution in [2.24, 2.45) is 5.73 Å². The highest BCUT2D eigenvalue weighted by atomic mass is 16.5. The van der Waals surface area contributed by atoms with Gasteiger partial charge in [0.1, 0.15) is 6.61 Å². The zero-order valence-corrected chi connectivity index (χ0v) is 11.2. The van der Waals surface area contributed by atoms with Crippen molar-refractivity contribution < 1.29 is 9.26 Å². The molecule has 1 aromatic rings. The molecule has 0 unspecified atom stereocenters. The Kier molecular flexibility index (Phi) is 5.08. The third kappa shape index (κ3) is 4.09. The Labute approximate surface area is 103 Å². The van der Waals surface area contributed by atoms with Crippen LogP contribution in [0.2, 0.25) is 0 Å². The van der Waals surface area contributed by atoms with Crippen LogP contribution in [0.3, 0.4) is 0 Å². The smallest absolute Gasteiger partial charge is 0.252 e. The van der Waals surface area contributed by atoms with E-state index < -0.39 is 0 Å². The number of nitrogens with two attached hydrogens (primary N) is 1. The van der Waals surface area contributed by atoms with E-state index in [0.29, 0.717) is 24.9 Å². The maximum Gasteiger partial charge on any atom is 0.252 e. The maximum atomic E-state index is 6.12. The van der Waals surface area contributed by atoms with Gasteiger partial charge in [-0.05, 0) is 12.8 Å². The second-order valence-corrected chi connectivity index (χ2v) is 4.76. The molecule has 0 amide bonds. The highest BCUT2D eigenvalue weighted by molar-refractivity contribution is 4.90. The van der Waals surface area contributed by atoms with Crippen LogP contribution < -0.4 is 5.73 Å². The lowest BCUT2D eigenvalue weighted by Gasteiger charge is -2.25. The van der Waals surface area contributed by atoms with Gasteiger partial charge in [0, 0.05) is 11.5 Å². The zero-order valence-electron chi connectivity index (χ0n) is 11.2. The molecule has 0 atom stereocenters. The van der Waals surface area contributed by atoms with Gasteiger partial charge in [-0.25, -0.2) is 0 Å². The molecule has 1 rings (SSSR count). The molecule has 0 radical (unpaired) electrons. The Morgan fingerprint density at radius 2 is 2.00 bits per heavy atom. The van der Waals surface area contributed by atoms with E-state index in [4.69, 9.17) is 15.0 Å². The highest BCUT2D eigenvalue weighted by Crippen LogP contribution is 2.13. The molecule has 98 valence electrons. The third-order valence-electron chi connectivity index (χ3n) is 3.02. The summed E-state index contributed by atoms with van der Waals surface area (Å²) in [5.41, 5.74) is 5.87. The van der Waals surface area contributed by atoms with E-state index >= 15 is 0 Å². The highest BCUT2D eigenvalue weighted by Gasteiger charge is 2.20. The third-order valence-corrected chi connectivity index (χ3v) is 3.02. The number of ether oxygens (including phenoxy) is 1. The van der Waals surface area contributed by atoms with Crippen molar-refractivity contribution in [1.29, 1.82) is 0 Å². The second kappa shape index (κ2) is 6.12. The van der Waals surface area contributed by atoms with Crippen molar-refractivity contribution in [2.45, 2.75) is 58.6 Å². The summed E-state index contributed by atoms with van der Waals surface area (Å²) in [4.78, 5) is 4.24. The summed E-state index contributed by atoms with van der Waals surface area (Å²) in [5.74, 6) is 1.50. The van der Waals surface area contributed by atoms with E-state index in [1.165, 1.54) is 0 Å². The molecular weight excluding hydrogens is 218 g/mol. The predicted molar refractivity (Wildman–Crippen MR) is 65.5 cm³/mol. The minimum Gasteiger partial charge on any atom is -0.370 e. The van der Waals surface area contributed by atoms with Crippen LogP contribution in [0.5, 0.6) is 0 Å². The quantitative estimate of drug-likeness (QED) is 0.792. The maximum absolute atomic E-state index is 6.12. The van der Waals surface area contributed by atoms with Crippen LogP contribution in [0.4, 0.5) is 0 Å². The van der Waals surface area contributed by atoms with Crippen molar-refractivity contribution >= 4 is 0 Å². The number of aromatic nitrogens is 2. The average Bonchev–Trinajstić information content (AvgIpc) is 2.78. The monoisotopic (exact) mass is 241 g/mol. The number of hydrogen-bond acceptors (Lipinski definition) is 5. The van der Waals surface area contributed by atoms with E-state index in [1.807, 2.05) is 13.8 Å². The minimum absolute atomic E-state index is 0.249. The van der Waals surface area contributed by atoms with Crippen molar-refractivity contribution in [2.75, 3.05) is 6.61 Å². The molecule has 1 aromatic heterocycles. The number of rotatable bonds is 7. The molecular formula is C12H23N3O2. The molecule has 0 aliphatic carbocycles. The summed E-state index contributed by atoms with van der Waals surface area (Å²) in [6.45, 7) is 9.02.